The molecular formula is C27H34FN3O3. The maximum atomic E-state index is 14.4. The maximum absolute atomic E-state index is 14.4. The van der Waals surface area contributed by atoms with Gasteiger partial charge in [0.25, 0.3) is 0 Å². The van der Waals surface area contributed by atoms with Gasteiger partial charge in [0.05, 0.1) is 24.4 Å². The van der Waals surface area contributed by atoms with E-state index in [1.807, 2.05) is 51.2 Å². The molecule has 6 nitrogen and oxygen atoms in total. The van der Waals surface area contributed by atoms with E-state index in [-0.39, 0.29) is 18.5 Å². The Morgan fingerprint density at radius 2 is 1.82 bits per heavy atom. The molecule has 4 rings (SSSR count). The SMILES string of the molecule is CC(C)OC[C@@H](O)CN(Cc1c(-c2ccccc2)nn(C)c1Oc1ccccc1F)CC1CC1. The first kappa shape index (κ1) is 24.4. The molecule has 0 unspecified atom stereocenters. The Bertz CT molecular complexity index is 1070. The molecule has 34 heavy (non-hydrogen) atoms. The Labute approximate surface area is 200 Å². The first-order chi connectivity index (χ1) is 16.4. The van der Waals surface area contributed by atoms with Crippen molar-refractivity contribution in [3.05, 3.63) is 66.0 Å². The summed E-state index contributed by atoms with van der Waals surface area (Å²) in [5, 5.41) is 15.4. The number of aliphatic hydroxyl groups is 1. The second-order valence-electron chi connectivity index (χ2n) is 9.33. The summed E-state index contributed by atoms with van der Waals surface area (Å²) in [6.07, 6.45) is 1.86. The molecule has 1 atom stereocenters. The van der Waals surface area contributed by atoms with Gasteiger partial charge in [0, 0.05) is 32.2 Å². The molecule has 0 radical (unpaired) electrons. The third-order valence-electron chi connectivity index (χ3n) is 5.86. The number of aryl methyl sites for hydroxylation is 1. The number of benzene rings is 2. The minimum atomic E-state index is -0.603. The zero-order valence-electron chi connectivity index (χ0n) is 20.2. The summed E-state index contributed by atoms with van der Waals surface area (Å²) in [5.74, 6) is 0.862. The minimum Gasteiger partial charge on any atom is -0.436 e. The monoisotopic (exact) mass is 467 g/mol. The fourth-order valence-electron chi connectivity index (χ4n) is 4.03. The number of nitrogens with zero attached hydrogens (tertiary/aromatic N) is 3. The standard InChI is InChI=1S/C27H34FN3O3/c1-19(2)33-18-22(32)16-31(15-20-13-14-20)17-23-26(21-9-5-4-6-10-21)29-30(3)27(23)34-25-12-8-7-11-24(25)28/h4-12,19-20,22,32H,13-18H2,1-3H3/t22-/m0/s1. The highest BCUT2D eigenvalue weighted by atomic mass is 19.1. The normalized spacial score (nSPS) is 14.7. The molecule has 3 aromatic rings. The van der Waals surface area contributed by atoms with Gasteiger partial charge in [-0.25, -0.2) is 9.07 Å². The van der Waals surface area contributed by atoms with Crippen molar-refractivity contribution in [2.75, 3.05) is 19.7 Å². The number of para-hydroxylation sites is 1. The molecular weight excluding hydrogens is 433 g/mol. The van der Waals surface area contributed by atoms with Crippen molar-refractivity contribution in [3.8, 4) is 22.9 Å². The molecule has 1 aliphatic rings. The molecule has 0 saturated heterocycles. The number of hydrogen-bond acceptors (Lipinski definition) is 5. The summed E-state index contributed by atoms with van der Waals surface area (Å²) < 4.78 is 27.8. The second kappa shape index (κ2) is 11.1. The van der Waals surface area contributed by atoms with Crippen LogP contribution in [0.25, 0.3) is 11.3 Å². The highest BCUT2D eigenvalue weighted by Gasteiger charge is 2.29. The Hall–Kier alpha value is -2.74. The van der Waals surface area contributed by atoms with Gasteiger partial charge in [-0.15, -0.1) is 0 Å². The molecule has 182 valence electrons. The number of hydrogen-bond donors (Lipinski definition) is 1. The number of ether oxygens (including phenoxy) is 2. The Morgan fingerprint density at radius 3 is 2.50 bits per heavy atom. The quantitative estimate of drug-likeness (QED) is 0.406. The number of aromatic nitrogens is 2. The topological polar surface area (TPSA) is 59.8 Å². The van der Waals surface area contributed by atoms with Crippen LogP contribution in [0.15, 0.2) is 54.6 Å². The number of aliphatic hydroxyl groups excluding tert-OH is 1. The first-order valence-electron chi connectivity index (χ1n) is 12.0. The third-order valence-corrected chi connectivity index (χ3v) is 5.86. The van der Waals surface area contributed by atoms with Crippen molar-refractivity contribution in [2.24, 2.45) is 13.0 Å². The van der Waals surface area contributed by atoms with Gasteiger partial charge >= 0.3 is 0 Å². The average Bonchev–Trinajstić information content (AvgIpc) is 3.58. The van der Waals surface area contributed by atoms with E-state index < -0.39 is 11.9 Å². The van der Waals surface area contributed by atoms with Gasteiger partial charge in [0.1, 0.15) is 5.69 Å². The van der Waals surface area contributed by atoms with Gasteiger partial charge in [-0.1, -0.05) is 42.5 Å². The largest absolute Gasteiger partial charge is 0.436 e. The Morgan fingerprint density at radius 1 is 1.12 bits per heavy atom. The lowest BCUT2D eigenvalue weighted by atomic mass is 10.1. The molecule has 0 amide bonds. The summed E-state index contributed by atoms with van der Waals surface area (Å²) in [5.41, 5.74) is 2.63. The van der Waals surface area contributed by atoms with Gasteiger partial charge < -0.3 is 14.6 Å². The van der Waals surface area contributed by atoms with E-state index in [1.54, 1.807) is 22.9 Å². The van der Waals surface area contributed by atoms with E-state index in [2.05, 4.69) is 4.90 Å². The molecule has 0 spiro atoms. The molecule has 1 aromatic heterocycles. The van der Waals surface area contributed by atoms with Crippen LogP contribution in [0.3, 0.4) is 0 Å². The average molecular weight is 468 g/mol. The van der Waals surface area contributed by atoms with Crippen molar-refractivity contribution in [1.82, 2.24) is 14.7 Å². The summed E-state index contributed by atoms with van der Waals surface area (Å²) >= 11 is 0. The highest BCUT2D eigenvalue weighted by molar-refractivity contribution is 5.65. The minimum absolute atomic E-state index is 0.0651. The summed E-state index contributed by atoms with van der Waals surface area (Å²) in [7, 11) is 1.81. The van der Waals surface area contributed by atoms with E-state index in [1.165, 1.54) is 18.9 Å². The van der Waals surface area contributed by atoms with Gasteiger partial charge in [-0.3, -0.25) is 4.90 Å². The van der Waals surface area contributed by atoms with Crippen LogP contribution in [0.5, 0.6) is 11.6 Å². The lowest BCUT2D eigenvalue weighted by Crippen LogP contribution is -2.36. The van der Waals surface area contributed by atoms with E-state index >= 15 is 0 Å². The van der Waals surface area contributed by atoms with Gasteiger partial charge in [0.2, 0.25) is 5.88 Å². The van der Waals surface area contributed by atoms with Crippen molar-refractivity contribution < 1.29 is 19.0 Å². The van der Waals surface area contributed by atoms with E-state index in [0.717, 1.165) is 23.4 Å². The lowest BCUT2D eigenvalue weighted by molar-refractivity contribution is -0.0101. The Balaban J connectivity index is 1.65. The Kier molecular flexibility index (Phi) is 7.98. The van der Waals surface area contributed by atoms with Gasteiger partial charge in [-0.05, 0) is 44.7 Å². The first-order valence-corrected chi connectivity index (χ1v) is 12.0. The van der Waals surface area contributed by atoms with Crippen LogP contribution in [0, 0.1) is 11.7 Å². The molecule has 7 heteroatoms. The van der Waals surface area contributed by atoms with Gasteiger partial charge in [0.15, 0.2) is 11.6 Å². The van der Waals surface area contributed by atoms with Crippen LogP contribution in [-0.4, -0.2) is 51.7 Å². The fourth-order valence-corrected chi connectivity index (χ4v) is 4.03. The third kappa shape index (κ3) is 6.44. The number of rotatable bonds is 12. The van der Waals surface area contributed by atoms with E-state index in [4.69, 9.17) is 14.6 Å². The lowest BCUT2D eigenvalue weighted by Gasteiger charge is -2.26. The maximum Gasteiger partial charge on any atom is 0.222 e. The molecule has 2 aromatic carbocycles. The van der Waals surface area contributed by atoms with Crippen LogP contribution < -0.4 is 4.74 Å². The summed E-state index contributed by atoms with van der Waals surface area (Å²) in [6, 6.07) is 16.3. The van der Waals surface area contributed by atoms with Crippen molar-refractivity contribution >= 4 is 0 Å². The molecule has 1 heterocycles. The van der Waals surface area contributed by atoms with Crippen LogP contribution in [0.1, 0.15) is 32.3 Å². The molecule has 1 aliphatic carbocycles. The summed E-state index contributed by atoms with van der Waals surface area (Å²) in [6.45, 7) is 6.09. The van der Waals surface area contributed by atoms with Crippen LogP contribution in [0.2, 0.25) is 0 Å². The number of halogens is 1. The van der Waals surface area contributed by atoms with Crippen molar-refractivity contribution in [1.29, 1.82) is 0 Å². The zero-order valence-corrected chi connectivity index (χ0v) is 20.2. The summed E-state index contributed by atoms with van der Waals surface area (Å²) in [4.78, 5) is 2.24. The second-order valence-corrected chi connectivity index (χ2v) is 9.33. The molecule has 1 saturated carbocycles. The van der Waals surface area contributed by atoms with Gasteiger partial charge in [-0.2, -0.15) is 5.10 Å². The molecule has 1 fully saturated rings. The predicted octanol–water partition coefficient (Wildman–Crippen LogP) is 5.02. The zero-order chi connectivity index (χ0) is 24.1. The molecule has 1 N–H and O–H groups in total. The molecule has 0 aliphatic heterocycles. The van der Waals surface area contributed by atoms with Crippen LogP contribution in [-0.2, 0) is 18.3 Å². The smallest absolute Gasteiger partial charge is 0.222 e. The fraction of sp³-hybridized carbons (Fsp3) is 0.444. The van der Waals surface area contributed by atoms with Crippen molar-refractivity contribution in [2.45, 2.75) is 45.4 Å². The van der Waals surface area contributed by atoms with E-state index in [0.29, 0.717) is 24.9 Å². The highest BCUT2D eigenvalue weighted by Crippen LogP contribution is 2.36. The van der Waals surface area contributed by atoms with Crippen LogP contribution in [0.4, 0.5) is 4.39 Å². The predicted molar refractivity (Wildman–Crippen MR) is 130 cm³/mol. The van der Waals surface area contributed by atoms with E-state index in [9.17, 15) is 9.50 Å². The van der Waals surface area contributed by atoms with Crippen molar-refractivity contribution in [3.63, 3.8) is 0 Å². The van der Waals surface area contributed by atoms with Crippen LogP contribution >= 0.6 is 0 Å². The molecule has 0 bridgehead atoms.